The summed E-state index contributed by atoms with van der Waals surface area (Å²) in [6.07, 6.45) is 4.21. The van der Waals surface area contributed by atoms with Crippen molar-refractivity contribution < 1.29 is 19.1 Å². The molecule has 0 aromatic rings. The van der Waals surface area contributed by atoms with Gasteiger partial charge in [0.05, 0.1) is 26.6 Å². The predicted octanol–water partition coefficient (Wildman–Crippen LogP) is 1.30. The van der Waals surface area contributed by atoms with Crippen molar-refractivity contribution in [2.75, 3.05) is 14.2 Å². The zero-order valence-electron chi connectivity index (χ0n) is 8.78. The summed E-state index contributed by atoms with van der Waals surface area (Å²) < 4.78 is 9.06. The van der Waals surface area contributed by atoms with Crippen LogP contribution in [0.25, 0.3) is 0 Å². The molecular formula is C10H16O4. The summed E-state index contributed by atoms with van der Waals surface area (Å²) in [5.41, 5.74) is 0. The number of hydrogen-bond donors (Lipinski definition) is 0. The van der Waals surface area contributed by atoms with Gasteiger partial charge in [-0.05, 0) is 13.3 Å². The van der Waals surface area contributed by atoms with Gasteiger partial charge in [0.25, 0.3) is 0 Å². The number of rotatable bonds is 5. The van der Waals surface area contributed by atoms with Crippen molar-refractivity contribution in [1.29, 1.82) is 0 Å². The number of carbonyl (C=O) groups is 2. The highest BCUT2D eigenvalue weighted by atomic mass is 16.5. The molecule has 0 aliphatic carbocycles. The molecule has 0 amide bonds. The summed E-state index contributed by atoms with van der Waals surface area (Å²) in [6.45, 7) is 1.85. The lowest BCUT2D eigenvalue weighted by molar-refractivity contribution is -0.151. The molecule has 0 fully saturated rings. The molecule has 0 rings (SSSR count). The fraction of sp³-hybridized carbons (Fsp3) is 0.600. The van der Waals surface area contributed by atoms with Gasteiger partial charge in [-0.15, -0.1) is 0 Å². The molecule has 0 aromatic heterocycles. The Hall–Kier alpha value is -1.32. The molecule has 0 heterocycles. The highest BCUT2D eigenvalue weighted by Crippen LogP contribution is 2.12. The summed E-state index contributed by atoms with van der Waals surface area (Å²) in [4.78, 5) is 22.2. The first kappa shape index (κ1) is 12.7. The van der Waals surface area contributed by atoms with E-state index < -0.39 is 11.9 Å². The van der Waals surface area contributed by atoms with E-state index in [9.17, 15) is 9.59 Å². The number of hydrogen-bond acceptors (Lipinski definition) is 4. The number of esters is 2. The van der Waals surface area contributed by atoms with E-state index >= 15 is 0 Å². The third-order valence-electron chi connectivity index (χ3n) is 1.83. The largest absolute Gasteiger partial charge is 0.469 e. The molecular weight excluding hydrogens is 184 g/mol. The van der Waals surface area contributed by atoms with E-state index in [0.717, 1.165) is 0 Å². The number of allylic oxidation sites excluding steroid dienone is 2. The maximum Gasteiger partial charge on any atom is 0.309 e. The Bertz CT molecular complexity index is 220. The van der Waals surface area contributed by atoms with Crippen LogP contribution in [-0.2, 0) is 19.1 Å². The number of carbonyl (C=O) groups excluding carboxylic acids is 2. The number of methoxy groups -OCH3 is 2. The molecule has 0 saturated carbocycles. The maximum atomic E-state index is 11.2. The second-order valence-electron chi connectivity index (χ2n) is 2.81. The zero-order chi connectivity index (χ0) is 11.0. The first-order valence-corrected chi connectivity index (χ1v) is 4.41. The quantitative estimate of drug-likeness (QED) is 0.496. The van der Waals surface area contributed by atoms with Crippen LogP contribution in [0.4, 0.5) is 0 Å². The standard InChI is InChI=1S/C10H16O4/c1-4-5-6-8(10(12)14-3)7-9(11)13-2/h4-5,8H,6-7H2,1-3H3. The highest BCUT2D eigenvalue weighted by Gasteiger charge is 2.21. The number of ether oxygens (including phenoxy) is 2. The molecule has 4 heteroatoms. The van der Waals surface area contributed by atoms with E-state index in [0.29, 0.717) is 6.42 Å². The van der Waals surface area contributed by atoms with Gasteiger partial charge in [0.2, 0.25) is 0 Å². The van der Waals surface area contributed by atoms with Gasteiger partial charge in [0.1, 0.15) is 0 Å². The predicted molar refractivity (Wildman–Crippen MR) is 51.6 cm³/mol. The van der Waals surface area contributed by atoms with Crippen LogP contribution in [0.15, 0.2) is 12.2 Å². The Labute approximate surface area is 83.9 Å². The maximum absolute atomic E-state index is 11.2. The third-order valence-corrected chi connectivity index (χ3v) is 1.83. The van der Waals surface area contributed by atoms with Crippen molar-refractivity contribution in [1.82, 2.24) is 0 Å². The SMILES string of the molecule is CC=CCC(CC(=O)OC)C(=O)OC. The molecule has 0 bridgehead atoms. The zero-order valence-corrected chi connectivity index (χ0v) is 8.78. The lowest BCUT2D eigenvalue weighted by atomic mass is 10.0. The van der Waals surface area contributed by atoms with Crippen LogP contribution in [0.3, 0.4) is 0 Å². The minimum Gasteiger partial charge on any atom is -0.469 e. The average molecular weight is 200 g/mol. The fourth-order valence-electron chi connectivity index (χ4n) is 1.01. The van der Waals surface area contributed by atoms with Gasteiger partial charge in [-0.3, -0.25) is 9.59 Å². The van der Waals surface area contributed by atoms with Crippen molar-refractivity contribution in [3.05, 3.63) is 12.2 Å². The Morgan fingerprint density at radius 1 is 1.29 bits per heavy atom. The molecule has 14 heavy (non-hydrogen) atoms. The van der Waals surface area contributed by atoms with Gasteiger partial charge in [-0.25, -0.2) is 0 Å². The summed E-state index contributed by atoms with van der Waals surface area (Å²) in [6, 6.07) is 0. The van der Waals surface area contributed by atoms with Crippen molar-refractivity contribution in [3.8, 4) is 0 Å². The van der Waals surface area contributed by atoms with Crippen LogP contribution in [-0.4, -0.2) is 26.2 Å². The van der Waals surface area contributed by atoms with Gasteiger partial charge in [-0.1, -0.05) is 12.2 Å². The van der Waals surface area contributed by atoms with E-state index in [1.54, 1.807) is 0 Å². The fourth-order valence-corrected chi connectivity index (χ4v) is 1.01. The Morgan fingerprint density at radius 2 is 1.93 bits per heavy atom. The summed E-state index contributed by atoms with van der Waals surface area (Å²) in [5.74, 6) is -1.22. The molecule has 0 N–H and O–H groups in total. The van der Waals surface area contributed by atoms with E-state index in [1.165, 1.54) is 14.2 Å². The van der Waals surface area contributed by atoms with Crippen molar-refractivity contribution in [2.24, 2.45) is 5.92 Å². The van der Waals surface area contributed by atoms with Crippen LogP contribution in [0, 0.1) is 5.92 Å². The second-order valence-corrected chi connectivity index (χ2v) is 2.81. The summed E-state index contributed by atoms with van der Waals surface area (Å²) >= 11 is 0. The van der Waals surface area contributed by atoms with Crippen LogP contribution in [0.1, 0.15) is 19.8 Å². The molecule has 4 nitrogen and oxygen atoms in total. The minimum atomic E-state index is -0.441. The van der Waals surface area contributed by atoms with E-state index in [4.69, 9.17) is 0 Å². The first-order chi connectivity index (χ1) is 6.65. The molecule has 0 saturated heterocycles. The van der Waals surface area contributed by atoms with Crippen LogP contribution >= 0.6 is 0 Å². The second kappa shape index (κ2) is 7.12. The molecule has 1 atom stereocenters. The minimum absolute atomic E-state index is 0.0630. The van der Waals surface area contributed by atoms with Crippen molar-refractivity contribution >= 4 is 11.9 Å². The molecule has 0 radical (unpaired) electrons. The van der Waals surface area contributed by atoms with Gasteiger partial charge in [-0.2, -0.15) is 0 Å². The topological polar surface area (TPSA) is 52.6 Å². The van der Waals surface area contributed by atoms with Crippen LogP contribution in [0.5, 0.6) is 0 Å². The molecule has 0 aromatic carbocycles. The van der Waals surface area contributed by atoms with Crippen LogP contribution in [0.2, 0.25) is 0 Å². The molecule has 0 aliphatic rings. The molecule has 1 unspecified atom stereocenters. The van der Waals surface area contributed by atoms with Crippen LogP contribution < -0.4 is 0 Å². The lowest BCUT2D eigenvalue weighted by Gasteiger charge is -2.10. The van der Waals surface area contributed by atoms with E-state index in [-0.39, 0.29) is 12.4 Å². The Balaban J connectivity index is 4.24. The van der Waals surface area contributed by atoms with Gasteiger partial charge < -0.3 is 9.47 Å². The average Bonchev–Trinajstić information content (AvgIpc) is 2.22. The summed E-state index contributed by atoms with van der Waals surface area (Å²) in [5, 5.41) is 0. The first-order valence-electron chi connectivity index (χ1n) is 4.41. The Kier molecular flexibility index (Phi) is 6.45. The normalized spacial score (nSPS) is 12.5. The monoisotopic (exact) mass is 200 g/mol. The van der Waals surface area contributed by atoms with E-state index in [2.05, 4.69) is 9.47 Å². The summed E-state index contributed by atoms with van der Waals surface area (Å²) in [7, 11) is 2.61. The molecule has 0 aliphatic heterocycles. The smallest absolute Gasteiger partial charge is 0.309 e. The lowest BCUT2D eigenvalue weighted by Crippen LogP contribution is -2.20. The van der Waals surface area contributed by atoms with Crippen molar-refractivity contribution in [3.63, 3.8) is 0 Å². The third kappa shape index (κ3) is 4.64. The van der Waals surface area contributed by atoms with Gasteiger partial charge in [0.15, 0.2) is 0 Å². The Morgan fingerprint density at radius 3 is 2.36 bits per heavy atom. The van der Waals surface area contributed by atoms with Gasteiger partial charge >= 0.3 is 11.9 Å². The van der Waals surface area contributed by atoms with Gasteiger partial charge in [0, 0.05) is 0 Å². The molecule has 80 valence electrons. The van der Waals surface area contributed by atoms with Crippen molar-refractivity contribution in [2.45, 2.75) is 19.8 Å². The highest BCUT2D eigenvalue weighted by molar-refractivity contribution is 5.79. The molecule has 0 spiro atoms. The van der Waals surface area contributed by atoms with E-state index in [1.807, 2.05) is 19.1 Å².